The molecule has 0 spiro atoms. The van der Waals surface area contributed by atoms with Gasteiger partial charge < -0.3 is 10.1 Å². The van der Waals surface area contributed by atoms with Crippen molar-refractivity contribution in [1.82, 2.24) is 20.0 Å². The second-order valence-corrected chi connectivity index (χ2v) is 8.67. The number of hydrogen-bond donors (Lipinski definition) is 1. The molecule has 1 N–H and O–H groups in total. The van der Waals surface area contributed by atoms with Crippen LogP contribution >= 0.6 is 0 Å². The van der Waals surface area contributed by atoms with Crippen LogP contribution in [-0.4, -0.2) is 45.4 Å². The third-order valence-electron chi connectivity index (χ3n) is 5.16. The SMILES string of the molecule is Cc1cc2c(cnn2-c2ccc(F)cc2)cc1C1C(=O)NCCN1C(=O)OC(C)(C)C. The van der Waals surface area contributed by atoms with Crippen LogP contribution in [0.4, 0.5) is 9.18 Å². The van der Waals surface area contributed by atoms with E-state index < -0.39 is 17.7 Å². The molecule has 4 rings (SSSR count). The van der Waals surface area contributed by atoms with Gasteiger partial charge in [0.05, 0.1) is 17.4 Å². The van der Waals surface area contributed by atoms with Crippen molar-refractivity contribution in [2.75, 3.05) is 13.1 Å². The largest absolute Gasteiger partial charge is 0.444 e. The minimum atomic E-state index is -0.790. The molecule has 1 saturated heterocycles. The predicted octanol–water partition coefficient (Wildman–Crippen LogP) is 3.88. The van der Waals surface area contributed by atoms with Gasteiger partial charge in [-0.15, -0.1) is 0 Å². The first-order valence-corrected chi connectivity index (χ1v) is 10.2. The van der Waals surface area contributed by atoms with Gasteiger partial charge in [-0.1, -0.05) is 0 Å². The zero-order valence-electron chi connectivity index (χ0n) is 18.0. The second-order valence-electron chi connectivity index (χ2n) is 8.67. The summed E-state index contributed by atoms with van der Waals surface area (Å²) in [6.07, 6.45) is 1.18. The number of halogens is 1. The van der Waals surface area contributed by atoms with Crippen LogP contribution in [0, 0.1) is 12.7 Å². The van der Waals surface area contributed by atoms with E-state index in [9.17, 15) is 14.0 Å². The highest BCUT2D eigenvalue weighted by Gasteiger charge is 2.37. The van der Waals surface area contributed by atoms with E-state index in [-0.39, 0.29) is 11.7 Å². The lowest BCUT2D eigenvalue weighted by Crippen LogP contribution is -2.53. The number of piperazine rings is 1. The van der Waals surface area contributed by atoms with Gasteiger partial charge in [-0.25, -0.2) is 13.9 Å². The molecular formula is C23H25FN4O3. The van der Waals surface area contributed by atoms with E-state index in [0.29, 0.717) is 18.7 Å². The van der Waals surface area contributed by atoms with Crippen molar-refractivity contribution < 1.29 is 18.7 Å². The van der Waals surface area contributed by atoms with Crippen LogP contribution in [0.25, 0.3) is 16.6 Å². The third-order valence-corrected chi connectivity index (χ3v) is 5.16. The van der Waals surface area contributed by atoms with Crippen LogP contribution in [0.1, 0.15) is 37.9 Å². The molecule has 1 atom stereocenters. The number of aromatic nitrogens is 2. The highest BCUT2D eigenvalue weighted by atomic mass is 19.1. The Bertz CT molecular complexity index is 1150. The normalized spacial score (nSPS) is 17.0. The first kappa shape index (κ1) is 20.8. The first-order chi connectivity index (χ1) is 14.6. The highest BCUT2D eigenvalue weighted by Crippen LogP contribution is 2.31. The molecule has 0 aliphatic carbocycles. The first-order valence-electron chi connectivity index (χ1n) is 10.2. The van der Waals surface area contributed by atoms with Crippen LogP contribution < -0.4 is 5.32 Å². The maximum atomic E-state index is 13.3. The van der Waals surface area contributed by atoms with Gasteiger partial charge >= 0.3 is 6.09 Å². The van der Waals surface area contributed by atoms with Gasteiger partial charge in [-0.05, 0) is 75.2 Å². The van der Waals surface area contributed by atoms with E-state index in [1.54, 1.807) is 43.8 Å². The molecule has 1 fully saturated rings. The summed E-state index contributed by atoms with van der Waals surface area (Å²) in [7, 11) is 0. The fourth-order valence-electron chi connectivity index (χ4n) is 3.77. The maximum Gasteiger partial charge on any atom is 0.411 e. The molecule has 2 aromatic carbocycles. The average Bonchev–Trinajstić information content (AvgIpc) is 3.09. The quantitative estimate of drug-likeness (QED) is 0.677. The lowest BCUT2D eigenvalue weighted by molar-refractivity contribution is -0.129. The zero-order chi connectivity index (χ0) is 22.3. The second kappa shape index (κ2) is 7.68. The summed E-state index contributed by atoms with van der Waals surface area (Å²) in [4.78, 5) is 27.1. The van der Waals surface area contributed by atoms with E-state index in [1.165, 1.54) is 17.0 Å². The summed E-state index contributed by atoms with van der Waals surface area (Å²) in [5.41, 5.74) is 2.45. The summed E-state index contributed by atoms with van der Waals surface area (Å²) in [5.74, 6) is -0.560. The van der Waals surface area contributed by atoms with Gasteiger partial charge in [-0.3, -0.25) is 9.69 Å². The Balaban J connectivity index is 1.75. The molecule has 162 valence electrons. The summed E-state index contributed by atoms with van der Waals surface area (Å²) >= 11 is 0. The highest BCUT2D eigenvalue weighted by molar-refractivity contribution is 5.91. The smallest absolute Gasteiger partial charge is 0.411 e. The summed E-state index contributed by atoms with van der Waals surface area (Å²) in [6, 6.07) is 9.10. The predicted molar refractivity (Wildman–Crippen MR) is 114 cm³/mol. The third kappa shape index (κ3) is 4.10. The molecule has 2 amide bonds. The van der Waals surface area contributed by atoms with E-state index in [1.807, 2.05) is 19.1 Å². The number of carbonyl (C=O) groups excluding carboxylic acids is 2. The van der Waals surface area contributed by atoms with Crippen LogP contribution in [0.2, 0.25) is 0 Å². The molecule has 31 heavy (non-hydrogen) atoms. The van der Waals surface area contributed by atoms with E-state index in [2.05, 4.69) is 10.4 Å². The maximum absolute atomic E-state index is 13.3. The van der Waals surface area contributed by atoms with Crippen LogP contribution in [0.5, 0.6) is 0 Å². The molecule has 7 nitrogen and oxygen atoms in total. The number of nitrogens with one attached hydrogen (secondary N) is 1. The molecule has 1 unspecified atom stereocenters. The number of nitrogens with zero attached hydrogens (tertiary/aromatic N) is 3. The van der Waals surface area contributed by atoms with Gasteiger partial charge in [0.2, 0.25) is 5.91 Å². The topological polar surface area (TPSA) is 76.5 Å². The standard InChI is InChI=1S/C23H25FN4O3/c1-14-11-19-15(13-26-28(19)17-7-5-16(24)6-8-17)12-18(14)20-21(29)25-9-10-27(20)22(30)31-23(2,3)4/h5-8,11-13,20H,9-10H2,1-4H3,(H,25,29). The van der Waals surface area contributed by atoms with Crippen molar-refractivity contribution >= 4 is 22.9 Å². The molecule has 8 heteroatoms. The minimum absolute atomic E-state index is 0.245. The molecule has 0 saturated carbocycles. The van der Waals surface area contributed by atoms with Crippen molar-refractivity contribution in [2.45, 2.75) is 39.3 Å². The number of aryl methyl sites for hydroxylation is 1. The Hall–Kier alpha value is -3.42. The Morgan fingerprint density at radius 3 is 2.61 bits per heavy atom. The number of fused-ring (bicyclic) bond motifs is 1. The summed E-state index contributed by atoms with van der Waals surface area (Å²) in [6.45, 7) is 8.02. The number of hydrogen-bond acceptors (Lipinski definition) is 4. The molecule has 1 aromatic heterocycles. The molecule has 1 aliphatic heterocycles. The number of rotatable bonds is 2. The van der Waals surface area contributed by atoms with Crippen LogP contribution in [-0.2, 0) is 9.53 Å². The fourth-order valence-corrected chi connectivity index (χ4v) is 3.77. The van der Waals surface area contributed by atoms with Crippen LogP contribution in [0.15, 0.2) is 42.6 Å². The summed E-state index contributed by atoms with van der Waals surface area (Å²) in [5, 5.41) is 8.09. The lowest BCUT2D eigenvalue weighted by atomic mass is 9.96. The summed E-state index contributed by atoms with van der Waals surface area (Å²) < 4.78 is 20.6. The molecule has 3 aromatic rings. The van der Waals surface area contributed by atoms with Gasteiger partial charge in [-0.2, -0.15) is 5.10 Å². The van der Waals surface area contributed by atoms with Crippen molar-refractivity contribution in [2.24, 2.45) is 0 Å². The number of benzene rings is 2. The Labute approximate surface area is 179 Å². The van der Waals surface area contributed by atoms with Crippen molar-refractivity contribution in [1.29, 1.82) is 0 Å². The Morgan fingerprint density at radius 2 is 1.94 bits per heavy atom. The average molecular weight is 424 g/mol. The fraction of sp³-hybridized carbons (Fsp3) is 0.348. The number of carbonyl (C=O) groups is 2. The van der Waals surface area contributed by atoms with Gasteiger partial charge in [0.15, 0.2) is 0 Å². The lowest BCUT2D eigenvalue weighted by Gasteiger charge is -2.36. The minimum Gasteiger partial charge on any atom is -0.444 e. The van der Waals surface area contributed by atoms with Crippen LogP contribution in [0.3, 0.4) is 0 Å². The van der Waals surface area contributed by atoms with Crippen molar-refractivity contribution in [3.8, 4) is 5.69 Å². The molecule has 2 heterocycles. The Kier molecular flexibility index (Phi) is 5.16. The monoisotopic (exact) mass is 424 g/mol. The Morgan fingerprint density at radius 1 is 1.23 bits per heavy atom. The van der Waals surface area contributed by atoms with Gasteiger partial charge in [0.25, 0.3) is 0 Å². The van der Waals surface area contributed by atoms with Gasteiger partial charge in [0.1, 0.15) is 17.5 Å². The van der Waals surface area contributed by atoms with E-state index >= 15 is 0 Å². The molecule has 1 aliphatic rings. The molecule has 0 radical (unpaired) electrons. The van der Waals surface area contributed by atoms with Crippen molar-refractivity contribution in [3.63, 3.8) is 0 Å². The number of amides is 2. The van der Waals surface area contributed by atoms with E-state index in [0.717, 1.165) is 22.2 Å². The zero-order valence-corrected chi connectivity index (χ0v) is 18.0. The van der Waals surface area contributed by atoms with E-state index in [4.69, 9.17) is 4.74 Å². The molecular weight excluding hydrogens is 399 g/mol. The van der Waals surface area contributed by atoms with Gasteiger partial charge in [0, 0.05) is 18.5 Å². The van der Waals surface area contributed by atoms with Crippen molar-refractivity contribution in [3.05, 3.63) is 59.5 Å². The number of ether oxygens (including phenoxy) is 1. The molecule has 0 bridgehead atoms.